The first-order chi connectivity index (χ1) is 15.2. The third-order valence-corrected chi connectivity index (χ3v) is 6.41. The molecule has 1 aliphatic rings. The monoisotopic (exact) mass is 426 g/mol. The molecule has 0 bridgehead atoms. The number of carbonyl (C=O) groups is 1. The van der Waals surface area contributed by atoms with Crippen molar-refractivity contribution in [3.05, 3.63) is 94.8 Å². The van der Waals surface area contributed by atoms with E-state index in [1.807, 2.05) is 77.8 Å². The van der Waals surface area contributed by atoms with Crippen LogP contribution in [0, 0.1) is 0 Å². The number of aromatic nitrogens is 2. The highest BCUT2D eigenvalue weighted by molar-refractivity contribution is 7.10. The van der Waals surface area contributed by atoms with Gasteiger partial charge in [-0.25, -0.2) is 9.69 Å². The van der Waals surface area contributed by atoms with Crippen molar-refractivity contribution in [2.24, 2.45) is 5.10 Å². The van der Waals surface area contributed by atoms with E-state index in [-0.39, 0.29) is 11.9 Å². The van der Waals surface area contributed by atoms with Gasteiger partial charge in [0.2, 0.25) is 5.91 Å². The molecule has 2 aromatic heterocycles. The average molecular weight is 427 g/mol. The smallest absolute Gasteiger partial charge is 0.243 e. The van der Waals surface area contributed by atoms with Crippen LogP contribution in [-0.4, -0.2) is 26.4 Å². The average Bonchev–Trinajstić information content (AvgIpc) is 3.58. The van der Waals surface area contributed by atoms with E-state index in [1.165, 1.54) is 0 Å². The zero-order valence-electron chi connectivity index (χ0n) is 17.2. The first-order valence-corrected chi connectivity index (χ1v) is 11.3. The van der Waals surface area contributed by atoms with Crippen LogP contribution in [0.25, 0.3) is 16.9 Å². The number of nitrogens with zero attached hydrogens (tertiary/aromatic N) is 4. The fraction of sp³-hybridized carbons (Fsp3) is 0.160. The van der Waals surface area contributed by atoms with Gasteiger partial charge >= 0.3 is 0 Å². The Morgan fingerprint density at radius 2 is 1.77 bits per heavy atom. The molecule has 1 amide bonds. The molecule has 0 saturated carbocycles. The molecule has 0 aliphatic carbocycles. The number of hydrazone groups is 1. The highest BCUT2D eigenvalue weighted by atomic mass is 32.1. The van der Waals surface area contributed by atoms with Crippen molar-refractivity contribution in [3.63, 3.8) is 0 Å². The maximum Gasteiger partial charge on any atom is 0.243 e. The van der Waals surface area contributed by atoms with Gasteiger partial charge in [0.15, 0.2) is 0 Å². The van der Waals surface area contributed by atoms with Crippen LogP contribution >= 0.6 is 11.3 Å². The van der Waals surface area contributed by atoms with Gasteiger partial charge in [0, 0.05) is 35.0 Å². The molecule has 0 radical (unpaired) electrons. The number of benzene rings is 2. The maximum absolute atomic E-state index is 12.7. The summed E-state index contributed by atoms with van der Waals surface area (Å²) in [5, 5.41) is 13.4. The third-order valence-electron chi connectivity index (χ3n) is 5.43. The standard InChI is InChI=1S/C25H22N4OS/c1-2-24(30)29-22(23-14-9-15-31-23)16-21(26-29)20-17-28(19-12-7-4-8-13-19)27-25(20)18-10-5-3-6-11-18/h3-15,17,22H,2,16H2,1H3/t22-/m0/s1. The number of para-hydroxylation sites is 1. The molecular formula is C25H22N4OS. The van der Waals surface area contributed by atoms with Crippen LogP contribution in [0.15, 0.2) is 89.5 Å². The minimum Gasteiger partial charge on any atom is -0.273 e. The van der Waals surface area contributed by atoms with Crippen molar-refractivity contribution in [1.82, 2.24) is 14.8 Å². The molecule has 0 spiro atoms. The van der Waals surface area contributed by atoms with Crippen molar-refractivity contribution < 1.29 is 4.79 Å². The molecule has 31 heavy (non-hydrogen) atoms. The molecule has 154 valence electrons. The summed E-state index contributed by atoms with van der Waals surface area (Å²) >= 11 is 1.66. The number of hydrogen-bond acceptors (Lipinski definition) is 4. The Bertz CT molecular complexity index is 1210. The second-order valence-corrected chi connectivity index (χ2v) is 8.39. The second kappa shape index (κ2) is 8.32. The summed E-state index contributed by atoms with van der Waals surface area (Å²) in [5.74, 6) is 0.0325. The fourth-order valence-electron chi connectivity index (χ4n) is 3.87. The van der Waals surface area contributed by atoms with Crippen molar-refractivity contribution in [3.8, 4) is 16.9 Å². The van der Waals surface area contributed by atoms with Gasteiger partial charge in [-0.15, -0.1) is 11.3 Å². The normalized spacial score (nSPS) is 15.8. The van der Waals surface area contributed by atoms with E-state index in [4.69, 9.17) is 10.2 Å². The topological polar surface area (TPSA) is 50.5 Å². The van der Waals surface area contributed by atoms with Gasteiger partial charge in [-0.3, -0.25) is 4.79 Å². The molecule has 4 aromatic rings. The molecule has 6 heteroatoms. The lowest BCUT2D eigenvalue weighted by molar-refractivity contribution is -0.132. The minimum atomic E-state index is -0.0638. The van der Waals surface area contributed by atoms with Gasteiger partial charge < -0.3 is 0 Å². The van der Waals surface area contributed by atoms with Crippen LogP contribution in [-0.2, 0) is 4.79 Å². The van der Waals surface area contributed by atoms with Crippen LogP contribution in [0.5, 0.6) is 0 Å². The predicted octanol–water partition coefficient (Wildman–Crippen LogP) is 5.69. The van der Waals surface area contributed by atoms with E-state index in [2.05, 4.69) is 18.2 Å². The van der Waals surface area contributed by atoms with Crippen molar-refractivity contribution in [2.75, 3.05) is 0 Å². The van der Waals surface area contributed by atoms with Gasteiger partial charge in [0.25, 0.3) is 0 Å². The van der Waals surface area contributed by atoms with Gasteiger partial charge in [0.1, 0.15) is 5.69 Å². The molecule has 0 unspecified atom stereocenters. The Hall–Kier alpha value is -3.51. The molecule has 5 rings (SSSR count). The van der Waals surface area contributed by atoms with Gasteiger partial charge in [-0.2, -0.15) is 10.2 Å². The van der Waals surface area contributed by atoms with Crippen molar-refractivity contribution in [1.29, 1.82) is 0 Å². The Kier molecular flexibility index (Phi) is 5.22. The van der Waals surface area contributed by atoms with E-state index in [1.54, 1.807) is 16.3 Å². The summed E-state index contributed by atoms with van der Waals surface area (Å²) in [7, 11) is 0. The van der Waals surface area contributed by atoms with Crippen LogP contribution < -0.4 is 0 Å². The van der Waals surface area contributed by atoms with Gasteiger partial charge in [-0.05, 0) is 23.6 Å². The molecule has 3 heterocycles. The van der Waals surface area contributed by atoms with Gasteiger partial charge in [0.05, 0.1) is 17.4 Å². The zero-order valence-corrected chi connectivity index (χ0v) is 18.0. The second-order valence-electron chi connectivity index (χ2n) is 7.41. The Morgan fingerprint density at radius 1 is 1.03 bits per heavy atom. The Labute approximate surface area is 185 Å². The molecule has 1 aliphatic heterocycles. The quantitative estimate of drug-likeness (QED) is 0.412. The van der Waals surface area contributed by atoms with Crippen LogP contribution in [0.3, 0.4) is 0 Å². The summed E-state index contributed by atoms with van der Waals surface area (Å²) < 4.78 is 1.89. The lowest BCUT2D eigenvalue weighted by atomic mass is 10.0. The molecule has 5 nitrogen and oxygen atoms in total. The molecular weight excluding hydrogens is 404 g/mol. The van der Waals surface area contributed by atoms with E-state index in [0.29, 0.717) is 12.8 Å². The van der Waals surface area contributed by atoms with E-state index in [9.17, 15) is 4.79 Å². The van der Waals surface area contributed by atoms with Crippen molar-refractivity contribution in [2.45, 2.75) is 25.8 Å². The summed E-state index contributed by atoms with van der Waals surface area (Å²) in [6.45, 7) is 1.88. The first kappa shape index (κ1) is 19.5. The Morgan fingerprint density at radius 3 is 2.45 bits per heavy atom. The van der Waals surface area contributed by atoms with E-state index >= 15 is 0 Å². The van der Waals surface area contributed by atoms with E-state index in [0.717, 1.165) is 33.1 Å². The molecule has 0 N–H and O–H groups in total. The number of thiophene rings is 1. The SMILES string of the molecule is CCC(=O)N1N=C(c2cn(-c3ccccc3)nc2-c2ccccc2)C[C@H]1c1cccs1. The fourth-order valence-corrected chi connectivity index (χ4v) is 4.69. The molecule has 1 atom stereocenters. The molecule has 2 aromatic carbocycles. The summed E-state index contributed by atoms with van der Waals surface area (Å²) in [6, 6.07) is 24.2. The summed E-state index contributed by atoms with van der Waals surface area (Å²) in [4.78, 5) is 13.8. The summed E-state index contributed by atoms with van der Waals surface area (Å²) in [6.07, 6.45) is 3.13. The number of hydrogen-bond donors (Lipinski definition) is 0. The minimum absolute atomic E-state index is 0.0325. The Balaban J connectivity index is 1.62. The third kappa shape index (κ3) is 3.70. The molecule has 0 saturated heterocycles. The molecule has 0 fully saturated rings. The van der Waals surface area contributed by atoms with Crippen LogP contribution in [0.4, 0.5) is 0 Å². The lowest BCUT2D eigenvalue weighted by Crippen LogP contribution is -2.25. The van der Waals surface area contributed by atoms with E-state index < -0.39 is 0 Å². The predicted molar refractivity (Wildman–Crippen MR) is 124 cm³/mol. The maximum atomic E-state index is 12.7. The number of rotatable bonds is 5. The summed E-state index contributed by atoms with van der Waals surface area (Å²) in [5.41, 5.74) is 4.74. The number of carbonyl (C=O) groups excluding carboxylic acids is 1. The highest BCUT2D eigenvalue weighted by Crippen LogP contribution is 2.37. The lowest BCUT2D eigenvalue weighted by Gasteiger charge is -2.19. The zero-order chi connectivity index (χ0) is 21.2. The van der Waals surface area contributed by atoms with Crippen LogP contribution in [0.2, 0.25) is 0 Å². The largest absolute Gasteiger partial charge is 0.273 e. The van der Waals surface area contributed by atoms with Gasteiger partial charge in [-0.1, -0.05) is 61.5 Å². The highest BCUT2D eigenvalue weighted by Gasteiger charge is 2.34. The first-order valence-electron chi connectivity index (χ1n) is 10.4. The number of amides is 1. The van der Waals surface area contributed by atoms with Crippen molar-refractivity contribution >= 4 is 23.0 Å². The van der Waals surface area contributed by atoms with Crippen LogP contribution in [0.1, 0.15) is 36.2 Å².